The number of hydrogen-bond donors (Lipinski definition) is 1. The molecule has 74 valence electrons. The summed E-state index contributed by atoms with van der Waals surface area (Å²) in [4.78, 5) is 10.1. The Hall–Kier alpha value is 0.220. The van der Waals surface area contributed by atoms with E-state index < -0.39 is 24.4 Å². The van der Waals surface area contributed by atoms with E-state index in [1.807, 2.05) is 0 Å². The average Bonchev–Trinajstić information content (AvgIpc) is 1.85. The second-order valence-corrected chi connectivity index (χ2v) is 2.30. The minimum Gasteiger partial charge on any atom is -1.00 e. The van der Waals surface area contributed by atoms with Crippen LogP contribution in [0.5, 0.6) is 0 Å². The molecule has 7 heteroatoms. The molecule has 0 saturated carbocycles. The second kappa shape index (κ2) is 5.85. The van der Waals surface area contributed by atoms with Gasteiger partial charge in [0.1, 0.15) is 0 Å². The van der Waals surface area contributed by atoms with Crippen molar-refractivity contribution < 1.29 is 58.8 Å². The van der Waals surface area contributed by atoms with Gasteiger partial charge in [-0.2, -0.15) is 13.2 Å². The molecule has 3 nitrogen and oxygen atoms in total. The van der Waals surface area contributed by atoms with Gasteiger partial charge in [0.25, 0.3) is 0 Å². The van der Waals surface area contributed by atoms with Gasteiger partial charge in [-0.1, -0.05) is 0 Å². The fourth-order valence-electron chi connectivity index (χ4n) is 0.442. The summed E-state index contributed by atoms with van der Waals surface area (Å²) in [7, 11) is 0. The van der Waals surface area contributed by atoms with E-state index in [4.69, 9.17) is 5.11 Å². The molecule has 0 amide bonds. The monoisotopic (exact) mass is 210 g/mol. The molecule has 0 unspecified atom stereocenters. The first-order valence-electron chi connectivity index (χ1n) is 3.20. The van der Waals surface area contributed by atoms with E-state index in [-0.39, 0.29) is 31.0 Å². The number of ether oxygens (including phenoxy) is 1. The molecule has 2 atom stereocenters. The topological polar surface area (TPSA) is 46.5 Å². The van der Waals surface area contributed by atoms with Crippen LogP contribution in [0.1, 0.15) is 15.3 Å². The van der Waals surface area contributed by atoms with Crippen LogP contribution in [-0.2, 0) is 9.53 Å². The van der Waals surface area contributed by atoms with Crippen LogP contribution in [0.2, 0.25) is 0 Å². The summed E-state index contributed by atoms with van der Waals surface area (Å²) in [5.41, 5.74) is 0. The Morgan fingerprint density at radius 3 is 2.08 bits per heavy atom. The van der Waals surface area contributed by atoms with Crippen molar-refractivity contribution in [3.63, 3.8) is 0 Å². The molecular weight excluding hydrogens is 200 g/mol. The van der Waals surface area contributed by atoms with Crippen molar-refractivity contribution in [2.75, 3.05) is 0 Å². The first-order chi connectivity index (χ1) is 5.25. The molecule has 0 fully saturated rings. The van der Waals surface area contributed by atoms with Crippen LogP contribution in [0.4, 0.5) is 13.2 Å². The number of aliphatic carboxylic acids is 1. The van der Waals surface area contributed by atoms with E-state index in [9.17, 15) is 18.0 Å². The molecule has 13 heavy (non-hydrogen) atoms. The van der Waals surface area contributed by atoms with Gasteiger partial charge in [0.2, 0.25) is 0 Å². The molecule has 0 bridgehead atoms. The molecule has 0 aromatic heterocycles. The normalized spacial score (nSPS) is 15.8. The molecule has 0 rings (SSSR count). The van der Waals surface area contributed by atoms with E-state index in [1.165, 1.54) is 0 Å². The maximum atomic E-state index is 11.8. The number of carbonyl (C=O) groups is 1. The first kappa shape index (κ1) is 15.7. The van der Waals surface area contributed by atoms with Crippen molar-refractivity contribution in [2.24, 2.45) is 0 Å². The molecule has 1 N–H and O–H groups in total. The molecule has 0 heterocycles. The van der Waals surface area contributed by atoms with E-state index in [0.29, 0.717) is 0 Å². The van der Waals surface area contributed by atoms with Crippen molar-refractivity contribution in [3.8, 4) is 0 Å². The van der Waals surface area contributed by atoms with Gasteiger partial charge in [-0.05, 0) is 13.8 Å². The standard InChI is InChI=1S/C6H9F3O3.Na.H/c1-3(5(10)11)12-4(2)6(7,8)9;;/h3-4H,1-2H3,(H,10,11);;/q;+1;-1/t3-,4-;;/m1../s1. The van der Waals surface area contributed by atoms with Crippen LogP contribution in [0.15, 0.2) is 0 Å². The zero-order valence-electron chi connectivity index (χ0n) is 8.55. The van der Waals surface area contributed by atoms with Gasteiger partial charge in [-0.25, -0.2) is 4.79 Å². The van der Waals surface area contributed by atoms with Gasteiger partial charge in [0, 0.05) is 0 Å². The minimum absolute atomic E-state index is 0. The SMILES string of the molecule is C[C@@H](O[C@H](C)C(F)(F)F)C(=O)O.[H-].[Na+]. The first-order valence-corrected chi connectivity index (χ1v) is 3.20. The summed E-state index contributed by atoms with van der Waals surface area (Å²) >= 11 is 0. The Morgan fingerprint density at radius 1 is 1.46 bits per heavy atom. The predicted molar refractivity (Wildman–Crippen MR) is 34.8 cm³/mol. The summed E-state index contributed by atoms with van der Waals surface area (Å²) in [6.07, 6.45) is -8.01. The van der Waals surface area contributed by atoms with E-state index in [0.717, 1.165) is 13.8 Å². The Balaban J connectivity index is -0.000000605. The van der Waals surface area contributed by atoms with Crippen LogP contribution < -0.4 is 29.6 Å². The molecule has 0 aliphatic heterocycles. The van der Waals surface area contributed by atoms with Gasteiger partial charge >= 0.3 is 41.7 Å². The molecular formula is C6H10F3NaO3. The number of carboxylic acid groups (broad SMARTS) is 1. The van der Waals surface area contributed by atoms with Gasteiger partial charge < -0.3 is 11.3 Å². The average molecular weight is 210 g/mol. The maximum Gasteiger partial charge on any atom is 1.00 e. The van der Waals surface area contributed by atoms with E-state index in [1.54, 1.807) is 0 Å². The fourth-order valence-corrected chi connectivity index (χ4v) is 0.442. The molecule has 0 saturated heterocycles. The molecule has 0 aliphatic rings. The Kier molecular flexibility index (Phi) is 7.05. The Morgan fingerprint density at radius 2 is 1.85 bits per heavy atom. The second-order valence-electron chi connectivity index (χ2n) is 2.30. The largest absolute Gasteiger partial charge is 1.00 e. The maximum absolute atomic E-state index is 11.8. The third-order valence-corrected chi connectivity index (χ3v) is 1.22. The molecule has 0 radical (unpaired) electrons. The van der Waals surface area contributed by atoms with Crippen molar-refractivity contribution >= 4 is 5.97 Å². The molecule has 0 aromatic rings. The van der Waals surface area contributed by atoms with E-state index >= 15 is 0 Å². The zero-order chi connectivity index (χ0) is 9.94. The number of hydrogen-bond acceptors (Lipinski definition) is 2. The van der Waals surface area contributed by atoms with Crippen LogP contribution >= 0.6 is 0 Å². The summed E-state index contributed by atoms with van der Waals surface area (Å²) in [5, 5.41) is 8.20. The van der Waals surface area contributed by atoms with Crippen molar-refractivity contribution in [2.45, 2.75) is 32.2 Å². The van der Waals surface area contributed by atoms with Crippen molar-refractivity contribution in [1.82, 2.24) is 0 Å². The predicted octanol–water partition coefficient (Wildman–Crippen LogP) is -1.46. The minimum atomic E-state index is -4.51. The number of halogens is 3. The Labute approximate surface area is 97.0 Å². The summed E-state index contributed by atoms with van der Waals surface area (Å²) < 4.78 is 39.4. The quantitative estimate of drug-likeness (QED) is 0.579. The van der Waals surface area contributed by atoms with Crippen molar-refractivity contribution in [3.05, 3.63) is 0 Å². The number of rotatable bonds is 3. The molecule has 0 spiro atoms. The van der Waals surface area contributed by atoms with Gasteiger partial charge in [0.05, 0.1) is 0 Å². The summed E-state index contributed by atoms with van der Waals surface area (Å²) in [5.74, 6) is -1.41. The van der Waals surface area contributed by atoms with Crippen LogP contribution in [-0.4, -0.2) is 29.5 Å². The van der Waals surface area contributed by atoms with Crippen LogP contribution in [0, 0.1) is 0 Å². The molecule has 0 aromatic carbocycles. The fraction of sp³-hybridized carbons (Fsp3) is 0.833. The van der Waals surface area contributed by atoms with Crippen molar-refractivity contribution in [1.29, 1.82) is 0 Å². The number of alkyl halides is 3. The number of carboxylic acids is 1. The third kappa shape index (κ3) is 6.31. The van der Waals surface area contributed by atoms with Gasteiger partial charge in [-0.3, -0.25) is 0 Å². The smallest absolute Gasteiger partial charge is 1.00 e. The Bertz CT molecular complexity index is 176. The van der Waals surface area contributed by atoms with Gasteiger partial charge in [0.15, 0.2) is 12.2 Å². The molecule has 0 aliphatic carbocycles. The summed E-state index contributed by atoms with van der Waals surface area (Å²) in [6, 6.07) is 0. The zero-order valence-corrected chi connectivity index (χ0v) is 9.55. The van der Waals surface area contributed by atoms with E-state index in [2.05, 4.69) is 4.74 Å². The third-order valence-electron chi connectivity index (χ3n) is 1.22. The van der Waals surface area contributed by atoms with Crippen LogP contribution in [0.3, 0.4) is 0 Å². The summed E-state index contributed by atoms with van der Waals surface area (Å²) in [6.45, 7) is 1.81. The van der Waals surface area contributed by atoms with Crippen LogP contribution in [0.25, 0.3) is 0 Å². The van der Waals surface area contributed by atoms with Gasteiger partial charge in [-0.15, -0.1) is 0 Å².